The third kappa shape index (κ3) is 4.38. The van der Waals surface area contributed by atoms with E-state index < -0.39 is 9.84 Å². The Morgan fingerprint density at radius 2 is 2.00 bits per heavy atom. The number of unbranched alkanes of at least 4 members (excludes halogenated alkanes) is 1. The van der Waals surface area contributed by atoms with Crippen LogP contribution < -0.4 is 0 Å². The molecule has 1 aromatic carbocycles. The van der Waals surface area contributed by atoms with Crippen molar-refractivity contribution in [1.29, 1.82) is 5.26 Å². The number of hydrogen-bond acceptors (Lipinski definition) is 5. The molecule has 0 atom stereocenters. The van der Waals surface area contributed by atoms with Gasteiger partial charge in [-0.3, -0.25) is 0 Å². The number of rotatable bonds is 6. The van der Waals surface area contributed by atoms with Crippen LogP contribution in [0.3, 0.4) is 0 Å². The van der Waals surface area contributed by atoms with Crippen LogP contribution in [0.1, 0.15) is 23.4 Å². The molecule has 0 spiro atoms. The first kappa shape index (κ1) is 15.7. The van der Waals surface area contributed by atoms with E-state index in [0.29, 0.717) is 6.42 Å². The van der Waals surface area contributed by atoms with Crippen molar-refractivity contribution in [2.75, 3.05) is 5.75 Å². The molecule has 0 aliphatic carbocycles. The van der Waals surface area contributed by atoms with Crippen molar-refractivity contribution in [2.24, 2.45) is 0 Å². The Hall–Kier alpha value is -1.71. The lowest BCUT2D eigenvalue weighted by atomic mass is 10.2. The van der Waals surface area contributed by atoms with Gasteiger partial charge >= 0.3 is 0 Å². The van der Waals surface area contributed by atoms with Gasteiger partial charge in [0.2, 0.25) is 0 Å². The minimum absolute atomic E-state index is 0.00869. The number of aryl methyl sites for hydroxylation is 1. The summed E-state index contributed by atoms with van der Waals surface area (Å²) in [5.74, 6) is 0.0628. The second-order valence-corrected chi connectivity index (χ2v) is 8.02. The summed E-state index contributed by atoms with van der Waals surface area (Å²) in [6.07, 6.45) is 0.665. The molecule has 0 amide bonds. The first-order valence-corrected chi connectivity index (χ1v) is 9.25. The lowest BCUT2D eigenvalue weighted by Crippen LogP contribution is -2.09. The molecule has 0 aliphatic rings. The minimum atomic E-state index is -3.18. The van der Waals surface area contributed by atoms with Crippen molar-refractivity contribution in [3.63, 3.8) is 0 Å². The Bertz CT molecular complexity index is 744. The third-order valence-corrected chi connectivity index (χ3v) is 6.04. The van der Waals surface area contributed by atoms with Gasteiger partial charge in [-0.2, -0.15) is 5.26 Å². The van der Waals surface area contributed by atoms with Crippen molar-refractivity contribution in [1.82, 2.24) is 4.98 Å². The highest BCUT2D eigenvalue weighted by molar-refractivity contribution is 7.90. The maximum atomic E-state index is 12.0. The van der Waals surface area contributed by atoms with Crippen LogP contribution in [-0.4, -0.2) is 19.2 Å². The maximum Gasteiger partial charge on any atom is 0.155 e. The Kier molecular flexibility index (Phi) is 5.10. The Labute approximate surface area is 129 Å². The molecule has 4 nitrogen and oxygen atoms in total. The highest BCUT2D eigenvalue weighted by Gasteiger charge is 2.17. The van der Waals surface area contributed by atoms with Crippen LogP contribution in [0.4, 0.5) is 0 Å². The molecule has 2 rings (SSSR count). The lowest BCUT2D eigenvalue weighted by molar-refractivity contribution is 0.593. The molecular weight excluding hydrogens is 304 g/mol. The van der Waals surface area contributed by atoms with Crippen LogP contribution in [0.15, 0.2) is 30.3 Å². The summed E-state index contributed by atoms with van der Waals surface area (Å²) in [5, 5.41) is 9.32. The number of thiazole rings is 1. The first-order chi connectivity index (χ1) is 10.0. The number of sulfone groups is 1. The number of benzene rings is 1. The summed E-state index contributed by atoms with van der Waals surface area (Å²) >= 11 is 1.42. The summed E-state index contributed by atoms with van der Waals surface area (Å²) < 4.78 is 24.1. The van der Waals surface area contributed by atoms with Crippen LogP contribution in [0.25, 0.3) is 10.6 Å². The van der Waals surface area contributed by atoms with E-state index in [9.17, 15) is 8.42 Å². The molecule has 1 heterocycles. The van der Waals surface area contributed by atoms with Gasteiger partial charge in [-0.05, 0) is 13.3 Å². The summed E-state index contributed by atoms with van der Waals surface area (Å²) in [5.41, 5.74) is 1.77. The van der Waals surface area contributed by atoms with Gasteiger partial charge < -0.3 is 0 Å². The zero-order chi connectivity index (χ0) is 15.3. The van der Waals surface area contributed by atoms with E-state index in [1.54, 1.807) is 0 Å². The fourth-order valence-electron chi connectivity index (χ4n) is 1.91. The number of hydrogen-bond donors (Lipinski definition) is 0. The Morgan fingerprint density at radius 3 is 2.67 bits per heavy atom. The predicted octanol–water partition coefficient (Wildman–Crippen LogP) is 3.34. The fraction of sp³-hybridized carbons (Fsp3) is 0.333. The minimum Gasteiger partial charge on any atom is -0.241 e. The molecule has 0 N–H and O–H groups in total. The molecule has 0 unspecified atom stereocenters. The second kappa shape index (κ2) is 6.83. The van der Waals surface area contributed by atoms with E-state index in [1.807, 2.05) is 43.3 Å². The van der Waals surface area contributed by atoms with Gasteiger partial charge in [0.1, 0.15) is 5.01 Å². The van der Waals surface area contributed by atoms with E-state index in [-0.39, 0.29) is 17.9 Å². The summed E-state index contributed by atoms with van der Waals surface area (Å²) in [4.78, 5) is 5.25. The van der Waals surface area contributed by atoms with Gasteiger partial charge in [0, 0.05) is 16.9 Å². The number of nitriles is 1. The van der Waals surface area contributed by atoms with Crippen LogP contribution in [-0.2, 0) is 15.6 Å². The fourth-order valence-corrected chi connectivity index (χ4v) is 4.88. The molecule has 0 aliphatic heterocycles. The number of nitrogens with zero attached hydrogens (tertiary/aromatic N) is 2. The molecule has 6 heteroatoms. The quantitative estimate of drug-likeness (QED) is 0.765. The highest BCUT2D eigenvalue weighted by atomic mass is 32.2. The van der Waals surface area contributed by atoms with Gasteiger partial charge in [0.25, 0.3) is 0 Å². The predicted molar refractivity (Wildman–Crippen MR) is 84.6 cm³/mol. The lowest BCUT2D eigenvalue weighted by Gasteiger charge is -2.01. The SMILES string of the molecule is Cc1nc(-c2ccccc2)sc1CS(=O)(=O)CCCC#N. The zero-order valence-electron chi connectivity index (χ0n) is 11.7. The van der Waals surface area contributed by atoms with E-state index in [4.69, 9.17) is 5.26 Å². The Balaban J connectivity index is 2.15. The second-order valence-electron chi connectivity index (χ2n) is 4.75. The topological polar surface area (TPSA) is 70.8 Å². The van der Waals surface area contributed by atoms with Crippen LogP contribution in [0.5, 0.6) is 0 Å². The average Bonchev–Trinajstić information content (AvgIpc) is 2.81. The molecule has 1 aromatic heterocycles. The standard InChI is InChI=1S/C15H16N2O2S2/c1-12-14(11-21(18,19)10-6-5-9-16)20-15(17-12)13-7-3-2-4-8-13/h2-4,7-8H,5-6,10-11H2,1H3. The summed E-state index contributed by atoms with van der Waals surface area (Å²) in [6, 6.07) is 11.7. The van der Waals surface area contributed by atoms with Gasteiger partial charge in [0.05, 0.1) is 23.3 Å². The largest absolute Gasteiger partial charge is 0.241 e. The summed E-state index contributed by atoms with van der Waals surface area (Å²) in [6.45, 7) is 1.84. The molecule has 0 saturated heterocycles. The van der Waals surface area contributed by atoms with Crippen LogP contribution >= 0.6 is 11.3 Å². The molecular formula is C15H16N2O2S2. The zero-order valence-corrected chi connectivity index (χ0v) is 13.4. The van der Waals surface area contributed by atoms with Gasteiger partial charge in [-0.25, -0.2) is 13.4 Å². The van der Waals surface area contributed by atoms with E-state index in [1.165, 1.54) is 11.3 Å². The van der Waals surface area contributed by atoms with E-state index in [0.717, 1.165) is 21.1 Å². The molecule has 2 aromatic rings. The van der Waals surface area contributed by atoms with Crippen molar-refractivity contribution >= 4 is 21.2 Å². The number of aromatic nitrogens is 1. The average molecular weight is 320 g/mol. The maximum absolute atomic E-state index is 12.0. The van der Waals surface area contributed by atoms with E-state index >= 15 is 0 Å². The molecule has 0 saturated carbocycles. The normalized spacial score (nSPS) is 11.2. The van der Waals surface area contributed by atoms with E-state index in [2.05, 4.69) is 4.98 Å². The van der Waals surface area contributed by atoms with Crippen molar-refractivity contribution in [2.45, 2.75) is 25.5 Å². The molecule has 110 valence electrons. The highest BCUT2D eigenvalue weighted by Crippen LogP contribution is 2.29. The molecule has 21 heavy (non-hydrogen) atoms. The molecule has 0 bridgehead atoms. The van der Waals surface area contributed by atoms with Crippen molar-refractivity contribution in [3.8, 4) is 16.6 Å². The van der Waals surface area contributed by atoms with Gasteiger partial charge in [-0.1, -0.05) is 30.3 Å². The Morgan fingerprint density at radius 1 is 1.29 bits per heavy atom. The molecule has 0 radical (unpaired) electrons. The van der Waals surface area contributed by atoms with Crippen molar-refractivity contribution < 1.29 is 8.42 Å². The smallest absolute Gasteiger partial charge is 0.155 e. The van der Waals surface area contributed by atoms with Crippen LogP contribution in [0.2, 0.25) is 0 Å². The molecule has 0 fully saturated rings. The van der Waals surface area contributed by atoms with Gasteiger partial charge in [0.15, 0.2) is 9.84 Å². The third-order valence-electron chi connectivity index (χ3n) is 3.01. The van der Waals surface area contributed by atoms with Gasteiger partial charge in [-0.15, -0.1) is 11.3 Å². The first-order valence-electron chi connectivity index (χ1n) is 6.61. The van der Waals surface area contributed by atoms with Crippen molar-refractivity contribution in [3.05, 3.63) is 40.9 Å². The summed E-state index contributed by atoms with van der Waals surface area (Å²) in [7, 11) is -3.18. The monoisotopic (exact) mass is 320 g/mol. The van der Waals surface area contributed by atoms with Crippen LogP contribution in [0, 0.1) is 18.3 Å².